The summed E-state index contributed by atoms with van der Waals surface area (Å²) in [6.07, 6.45) is 1.87. The smallest absolute Gasteiger partial charge is 0.347 e. The van der Waals surface area contributed by atoms with Crippen LogP contribution in [0.3, 0.4) is 0 Å². The van der Waals surface area contributed by atoms with Crippen molar-refractivity contribution in [2.24, 2.45) is 0 Å². The Hall–Kier alpha value is -1.32. The number of carboxylic acid groups (broad SMARTS) is 1. The minimum atomic E-state index is -1.44. The van der Waals surface area contributed by atoms with Crippen molar-refractivity contribution in [3.05, 3.63) is 12.2 Å². The van der Waals surface area contributed by atoms with Gasteiger partial charge in [-0.05, 0) is 26.7 Å². The summed E-state index contributed by atoms with van der Waals surface area (Å²) in [6, 6.07) is 0. The molecule has 86 valence electrons. The van der Waals surface area contributed by atoms with Crippen LogP contribution >= 0.6 is 0 Å². The summed E-state index contributed by atoms with van der Waals surface area (Å²) < 4.78 is 4.92. The van der Waals surface area contributed by atoms with Crippen LogP contribution in [0.1, 0.15) is 40.0 Å². The van der Waals surface area contributed by atoms with E-state index in [0.29, 0.717) is 12.8 Å². The van der Waals surface area contributed by atoms with E-state index in [0.717, 1.165) is 6.42 Å². The van der Waals surface area contributed by atoms with Gasteiger partial charge in [0.2, 0.25) is 5.60 Å². The lowest BCUT2D eigenvalue weighted by atomic mass is 9.99. The molecule has 4 heteroatoms. The number of carboxylic acids is 1. The highest BCUT2D eigenvalue weighted by atomic mass is 16.6. The molecule has 0 bridgehead atoms. The zero-order valence-electron chi connectivity index (χ0n) is 9.50. The summed E-state index contributed by atoms with van der Waals surface area (Å²) in [5.74, 6) is -1.78. The Bertz CT molecular complexity index is 270. The molecule has 0 spiro atoms. The number of esters is 1. The highest BCUT2D eigenvalue weighted by molar-refractivity contribution is 5.90. The molecule has 15 heavy (non-hydrogen) atoms. The fourth-order valence-corrected chi connectivity index (χ4v) is 1.01. The second-order valence-electron chi connectivity index (χ2n) is 3.81. The van der Waals surface area contributed by atoms with Crippen molar-refractivity contribution in [1.82, 2.24) is 0 Å². The Balaban J connectivity index is 4.58. The largest absolute Gasteiger partial charge is 0.478 e. The lowest BCUT2D eigenvalue weighted by molar-refractivity contribution is -0.174. The second-order valence-corrected chi connectivity index (χ2v) is 3.81. The molecule has 1 N–H and O–H groups in total. The lowest BCUT2D eigenvalue weighted by Crippen LogP contribution is -2.40. The molecule has 0 aromatic carbocycles. The Morgan fingerprint density at radius 1 is 1.47 bits per heavy atom. The number of ether oxygens (including phenoxy) is 1. The summed E-state index contributed by atoms with van der Waals surface area (Å²) in [7, 11) is 0. The first-order valence-corrected chi connectivity index (χ1v) is 4.95. The van der Waals surface area contributed by atoms with E-state index < -0.39 is 17.5 Å². The molecule has 0 aliphatic rings. The van der Waals surface area contributed by atoms with E-state index in [9.17, 15) is 9.59 Å². The zero-order chi connectivity index (χ0) is 12.1. The van der Waals surface area contributed by atoms with E-state index in [4.69, 9.17) is 9.84 Å². The number of aliphatic carboxylic acids is 1. The number of unbranched alkanes of at least 4 members (excludes halogenated alkanes) is 1. The van der Waals surface area contributed by atoms with Crippen LogP contribution in [0.2, 0.25) is 0 Å². The minimum Gasteiger partial charge on any atom is -0.478 e. The molecular weight excluding hydrogens is 196 g/mol. The SMILES string of the molecule is C=C(C)C(=O)OC(C)(CCCC)C(=O)O. The first-order valence-electron chi connectivity index (χ1n) is 4.95. The Kier molecular flexibility index (Phi) is 5.05. The molecule has 0 rings (SSSR count). The highest BCUT2D eigenvalue weighted by Crippen LogP contribution is 2.20. The van der Waals surface area contributed by atoms with Crippen LogP contribution in [0.15, 0.2) is 12.2 Å². The molecule has 0 aliphatic heterocycles. The third-order valence-corrected chi connectivity index (χ3v) is 2.13. The van der Waals surface area contributed by atoms with Crippen molar-refractivity contribution in [3.63, 3.8) is 0 Å². The number of hydrogen-bond acceptors (Lipinski definition) is 3. The molecule has 0 saturated heterocycles. The van der Waals surface area contributed by atoms with Gasteiger partial charge in [-0.15, -0.1) is 0 Å². The number of carbonyl (C=O) groups is 2. The van der Waals surface area contributed by atoms with Gasteiger partial charge in [-0.25, -0.2) is 9.59 Å². The number of carbonyl (C=O) groups excluding carboxylic acids is 1. The fourth-order valence-electron chi connectivity index (χ4n) is 1.01. The van der Waals surface area contributed by atoms with Gasteiger partial charge in [0, 0.05) is 5.57 Å². The molecular formula is C11H18O4. The maximum atomic E-state index is 11.2. The molecule has 1 atom stereocenters. The van der Waals surface area contributed by atoms with Crippen molar-refractivity contribution in [2.75, 3.05) is 0 Å². The second kappa shape index (κ2) is 5.53. The van der Waals surface area contributed by atoms with Crippen molar-refractivity contribution in [1.29, 1.82) is 0 Å². The first-order chi connectivity index (χ1) is 6.83. The summed E-state index contributed by atoms with van der Waals surface area (Å²) >= 11 is 0. The zero-order valence-corrected chi connectivity index (χ0v) is 9.50. The Morgan fingerprint density at radius 2 is 2.00 bits per heavy atom. The first kappa shape index (κ1) is 13.7. The molecule has 0 heterocycles. The van der Waals surface area contributed by atoms with Gasteiger partial charge in [0.15, 0.2) is 0 Å². The standard InChI is InChI=1S/C11H18O4/c1-5-6-7-11(4,10(13)14)15-9(12)8(2)3/h2,5-7H2,1,3-4H3,(H,13,14). The molecule has 1 unspecified atom stereocenters. The van der Waals surface area contributed by atoms with Gasteiger partial charge in [0.1, 0.15) is 0 Å². The van der Waals surface area contributed by atoms with Crippen LogP contribution in [0.4, 0.5) is 0 Å². The predicted octanol–water partition coefficient (Wildman–Crippen LogP) is 2.14. The highest BCUT2D eigenvalue weighted by Gasteiger charge is 2.36. The van der Waals surface area contributed by atoms with Crippen LogP contribution in [0.5, 0.6) is 0 Å². The van der Waals surface area contributed by atoms with E-state index in [-0.39, 0.29) is 5.57 Å². The van der Waals surface area contributed by atoms with Crippen molar-refractivity contribution in [2.45, 2.75) is 45.6 Å². The third kappa shape index (κ3) is 4.14. The Morgan fingerprint density at radius 3 is 2.33 bits per heavy atom. The van der Waals surface area contributed by atoms with Gasteiger partial charge < -0.3 is 9.84 Å². The summed E-state index contributed by atoms with van der Waals surface area (Å²) in [6.45, 7) is 8.26. The molecule has 0 fully saturated rings. The minimum absolute atomic E-state index is 0.207. The van der Waals surface area contributed by atoms with Gasteiger partial charge >= 0.3 is 11.9 Å². The third-order valence-electron chi connectivity index (χ3n) is 2.13. The normalized spacial score (nSPS) is 14.1. The maximum absolute atomic E-state index is 11.2. The molecule has 4 nitrogen and oxygen atoms in total. The monoisotopic (exact) mass is 214 g/mol. The average molecular weight is 214 g/mol. The van der Waals surface area contributed by atoms with Crippen LogP contribution in [-0.4, -0.2) is 22.6 Å². The Labute approximate surface area is 89.9 Å². The topological polar surface area (TPSA) is 63.6 Å². The van der Waals surface area contributed by atoms with Gasteiger partial charge in [0.05, 0.1) is 0 Å². The van der Waals surface area contributed by atoms with Gasteiger partial charge in [0.25, 0.3) is 0 Å². The van der Waals surface area contributed by atoms with E-state index in [1.54, 1.807) is 0 Å². The van der Waals surface area contributed by atoms with Crippen molar-refractivity contribution in [3.8, 4) is 0 Å². The molecule has 0 aliphatic carbocycles. The predicted molar refractivity (Wildman–Crippen MR) is 56.5 cm³/mol. The summed E-state index contributed by atoms with van der Waals surface area (Å²) in [4.78, 5) is 22.2. The maximum Gasteiger partial charge on any atom is 0.347 e. The average Bonchev–Trinajstić information content (AvgIpc) is 2.14. The molecule has 0 saturated carbocycles. The summed E-state index contributed by atoms with van der Waals surface area (Å²) in [5, 5.41) is 8.98. The van der Waals surface area contributed by atoms with Crippen LogP contribution in [0.25, 0.3) is 0 Å². The van der Waals surface area contributed by atoms with E-state index in [2.05, 4.69) is 6.58 Å². The van der Waals surface area contributed by atoms with E-state index in [1.807, 2.05) is 6.92 Å². The molecule has 0 aromatic rings. The van der Waals surface area contributed by atoms with E-state index in [1.165, 1.54) is 13.8 Å². The van der Waals surface area contributed by atoms with Crippen LogP contribution in [-0.2, 0) is 14.3 Å². The number of hydrogen-bond donors (Lipinski definition) is 1. The number of rotatable bonds is 6. The molecule has 0 radical (unpaired) electrons. The molecule has 0 aromatic heterocycles. The van der Waals surface area contributed by atoms with Gasteiger partial charge in [-0.1, -0.05) is 19.9 Å². The van der Waals surface area contributed by atoms with Crippen molar-refractivity contribution >= 4 is 11.9 Å². The van der Waals surface area contributed by atoms with E-state index >= 15 is 0 Å². The van der Waals surface area contributed by atoms with Crippen LogP contribution in [0, 0.1) is 0 Å². The summed E-state index contributed by atoms with van der Waals surface area (Å²) in [5.41, 5.74) is -1.23. The van der Waals surface area contributed by atoms with Crippen molar-refractivity contribution < 1.29 is 19.4 Å². The van der Waals surface area contributed by atoms with Crippen LogP contribution < -0.4 is 0 Å². The fraction of sp³-hybridized carbons (Fsp3) is 0.636. The molecule has 0 amide bonds. The van der Waals surface area contributed by atoms with Gasteiger partial charge in [-0.3, -0.25) is 0 Å². The lowest BCUT2D eigenvalue weighted by Gasteiger charge is -2.24. The van der Waals surface area contributed by atoms with Gasteiger partial charge in [-0.2, -0.15) is 0 Å². The quantitative estimate of drug-likeness (QED) is 0.543.